The van der Waals surface area contributed by atoms with Gasteiger partial charge >= 0.3 is 0 Å². The largest absolute Gasteiger partial charge is 0.369 e. The summed E-state index contributed by atoms with van der Waals surface area (Å²) in [5.74, 6) is 0.400. The van der Waals surface area contributed by atoms with Gasteiger partial charge in [0.05, 0.1) is 28.5 Å². The summed E-state index contributed by atoms with van der Waals surface area (Å²) in [6.45, 7) is 11.6. The van der Waals surface area contributed by atoms with E-state index in [1.165, 1.54) is 30.6 Å². The van der Waals surface area contributed by atoms with Crippen LogP contribution in [0.15, 0.2) is 24.5 Å². The first-order valence-electron chi connectivity index (χ1n) is 13.3. The van der Waals surface area contributed by atoms with Gasteiger partial charge in [-0.2, -0.15) is 0 Å². The number of carbonyl (C=O) groups excluding carboxylic acids is 1. The van der Waals surface area contributed by atoms with E-state index in [9.17, 15) is 4.79 Å². The third-order valence-electron chi connectivity index (χ3n) is 8.75. The highest BCUT2D eigenvalue weighted by molar-refractivity contribution is 7.16. The molecule has 3 aliphatic heterocycles. The Morgan fingerprint density at radius 2 is 1.84 bits per heavy atom. The van der Waals surface area contributed by atoms with Gasteiger partial charge in [-0.25, -0.2) is 19.3 Å². The average molecular weight is 534 g/mol. The molecule has 1 aliphatic carbocycles. The normalized spacial score (nSPS) is 21.1. The van der Waals surface area contributed by atoms with Gasteiger partial charge in [0, 0.05) is 61.5 Å². The Morgan fingerprint density at radius 1 is 1.08 bits per heavy atom. The summed E-state index contributed by atoms with van der Waals surface area (Å²) in [4.78, 5) is 34.7. The highest BCUT2D eigenvalue weighted by atomic mass is 32.1. The predicted octanol–water partition coefficient (Wildman–Crippen LogP) is 4.44. The maximum absolute atomic E-state index is 15.0. The second-order valence-electron chi connectivity index (χ2n) is 12.0. The van der Waals surface area contributed by atoms with E-state index in [4.69, 9.17) is 0 Å². The quantitative estimate of drug-likeness (QED) is 0.520. The Bertz CT molecular complexity index is 1430. The Hall–Kier alpha value is -3.11. The first kappa shape index (κ1) is 24.0. The summed E-state index contributed by atoms with van der Waals surface area (Å²) in [6, 6.07) is 4.58. The fraction of sp³-hybridized carbons (Fsp3) is 0.500. The Morgan fingerprint density at radius 3 is 2.50 bits per heavy atom. The van der Waals surface area contributed by atoms with Crippen molar-refractivity contribution in [3.63, 3.8) is 0 Å². The molecule has 6 heterocycles. The maximum Gasteiger partial charge on any atom is 0.255 e. The summed E-state index contributed by atoms with van der Waals surface area (Å²) < 4.78 is 15.0. The summed E-state index contributed by atoms with van der Waals surface area (Å²) >= 11 is 1.51. The number of aromatic nitrogens is 3. The molecule has 8 nitrogen and oxygen atoms in total. The number of anilines is 3. The van der Waals surface area contributed by atoms with Gasteiger partial charge in [0.1, 0.15) is 11.5 Å². The van der Waals surface area contributed by atoms with Crippen LogP contribution < -0.4 is 10.2 Å². The molecule has 0 bridgehead atoms. The van der Waals surface area contributed by atoms with Gasteiger partial charge in [0.2, 0.25) is 5.95 Å². The van der Waals surface area contributed by atoms with Gasteiger partial charge in [-0.05, 0) is 51.3 Å². The van der Waals surface area contributed by atoms with Crippen LogP contribution in [0.4, 0.5) is 21.8 Å². The van der Waals surface area contributed by atoms with Gasteiger partial charge < -0.3 is 15.1 Å². The molecule has 38 heavy (non-hydrogen) atoms. The lowest BCUT2D eigenvalue weighted by atomic mass is 9.72. The number of nitrogens with one attached hydrogen (secondary N) is 1. The van der Waals surface area contributed by atoms with Crippen LogP contribution in [-0.2, 0) is 5.41 Å². The van der Waals surface area contributed by atoms with Crippen molar-refractivity contribution in [1.82, 2.24) is 24.8 Å². The second-order valence-corrected chi connectivity index (χ2v) is 13.0. The van der Waals surface area contributed by atoms with Crippen LogP contribution in [0.3, 0.4) is 0 Å². The minimum Gasteiger partial charge on any atom is -0.369 e. The SMILES string of the molecule is Cc1c(-c2nc(Nc3ccc(N4CC5(C4)CN(C(C)C)C5)cn3)ncc2F)sc2c1C(=O)N(C)CC21CC1. The van der Waals surface area contributed by atoms with Gasteiger partial charge in [-0.15, -0.1) is 11.3 Å². The monoisotopic (exact) mass is 533 g/mol. The molecule has 198 valence electrons. The van der Waals surface area contributed by atoms with E-state index in [1.807, 2.05) is 26.2 Å². The van der Waals surface area contributed by atoms with E-state index in [2.05, 4.69) is 50.0 Å². The van der Waals surface area contributed by atoms with Crippen molar-refractivity contribution < 1.29 is 9.18 Å². The van der Waals surface area contributed by atoms with Gasteiger partial charge in [0.25, 0.3) is 5.91 Å². The van der Waals surface area contributed by atoms with Crippen LogP contribution >= 0.6 is 11.3 Å². The highest BCUT2D eigenvalue weighted by Gasteiger charge is 2.53. The Kier molecular flexibility index (Phi) is 5.17. The van der Waals surface area contributed by atoms with Crippen molar-refractivity contribution in [3.8, 4) is 10.6 Å². The summed E-state index contributed by atoms with van der Waals surface area (Å²) in [6.07, 6.45) is 5.18. The summed E-state index contributed by atoms with van der Waals surface area (Å²) in [5, 5.41) is 3.13. The van der Waals surface area contributed by atoms with Crippen LogP contribution in [0.5, 0.6) is 0 Å². The lowest BCUT2D eigenvalue weighted by Crippen LogP contribution is -2.73. The molecule has 3 aromatic heterocycles. The molecule has 3 aromatic rings. The van der Waals surface area contributed by atoms with Crippen LogP contribution in [0.2, 0.25) is 0 Å². The maximum atomic E-state index is 15.0. The molecule has 0 aromatic carbocycles. The first-order valence-corrected chi connectivity index (χ1v) is 14.1. The van der Waals surface area contributed by atoms with Gasteiger partial charge in [0.15, 0.2) is 5.82 Å². The molecule has 7 rings (SSSR count). The van der Waals surface area contributed by atoms with E-state index in [-0.39, 0.29) is 23.0 Å². The molecule has 4 aliphatic rings. The molecule has 0 radical (unpaired) electrons. The molecule has 1 saturated carbocycles. The number of rotatable bonds is 5. The smallest absolute Gasteiger partial charge is 0.255 e. The second kappa shape index (κ2) is 8.19. The van der Waals surface area contributed by atoms with E-state index >= 15 is 4.39 Å². The molecule has 0 atom stereocenters. The van der Waals surface area contributed by atoms with Crippen molar-refractivity contribution in [3.05, 3.63) is 46.3 Å². The van der Waals surface area contributed by atoms with Crippen molar-refractivity contribution in [1.29, 1.82) is 0 Å². The molecule has 1 amide bonds. The Labute approximate surface area is 225 Å². The molecular weight excluding hydrogens is 501 g/mol. The first-order chi connectivity index (χ1) is 18.2. The number of likely N-dealkylation sites (N-methyl/N-ethyl adjacent to an activating group) is 1. The van der Waals surface area contributed by atoms with Gasteiger partial charge in [-0.3, -0.25) is 9.69 Å². The minimum atomic E-state index is -0.495. The number of nitrogens with zero attached hydrogens (tertiary/aromatic N) is 6. The highest BCUT2D eigenvalue weighted by Crippen LogP contribution is 2.57. The molecule has 3 fully saturated rings. The minimum absolute atomic E-state index is 0.0114. The molecule has 1 N–H and O–H groups in total. The van der Waals surface area contributed by atoms with Gasteiger partial charge in [-0.1, -0.05) is 0 Å². The number of hydrogen-bond acceptors (Lipinski definition) is 8. The van der Waals surface area contributed by atoms with Crippen LogP contribution in [0.1, 0.15) is 47.5 Å². The third-order valence-corrected chi connectivity index (χ3v) is 10.3. The molecule has 2 spiro atoms. The van der Waals surface area contributed by atoms with Crippen molar-refractivity contribution in [2.45, 2.75) is 45.1 Å². The number of fused-ring (bicyclic) bond motifs is 2. The number of likely N-dealkylation sites (tertiary alicyclic amines) is 1. The zero-order valence-corrected chi connectivity index (χ0v) is 23.0. The van der Waals surface area contributed by atoms with Crippen LogP contribution in [0.25, 0.3) is 10.6 Å². The van der Waals surface area contributed by atoms with Crippen molar-refractivity contribution in [2.75, 3.05) is 50.0 Å². The van der Waals surface area contributed by atoms with Crippen molar-refractivity contribution >= 4 is 34.7 Å². The Balaban J connectivity index is 1.09. The van der Waals surface area contributed by atoms with E-state index in [1.54, 1.807) is 4.90 Å². The average Bonchev–Trinajstić information content (AvgIpc) is 3.51. The molecule has 2 saturated heterocycles. The topological polar surface area (TPSA) is 77.5 Å². The zero-order chi connectivity index (χ0) is 26.4. The standard InChI is InChI=1S/C28H32FN7OS/c1-16(2)35-11-27(12-35)13-36(14-27)18-5-6-20(30-9-18)32-26-31-10-19(29)22(33-26)23-17(3)21-24(38-23)28(7-8-28)15-34(4)25(21)37/h5-6,9-10,16H,7-8,11-15H2,1-4H3,(H,30,31,32,33). The number of thiophene rings is 1. The summed E-state index contributed by atoms with van der Waals surface area (Å²) in [7, 11) is 1.85. The van der Waals surface area contributed by atoms with E-state index in [0.717, 1.165) is 54.2 Å². The van der Waals surface area contributed by atoms with E-state index in [0.29, 0.717) is 22.2 Å². The fourth-order valence-corrected chi connectivity index (χ4v) is 7.90. The number of amides is 1. The fourth-order valence-electron chi connectivity index (χ4n) is 6.37. The van der Waals surface area contributed by atoms with Crippen LogP contribution in [0, 0.1) is 18.2 Å². The lowest BCUT2D eigenvalue weighted by molar-refractivity contribution is -0.0411. The summed E-state index contributed by atoms with van der Waals surface area (Å²) in [5.41, 5.74) is 3.33. The lowest BCUT2D eigenvalue weighted by Gasteiger charge is -2.62. The number of halogens is 1. The predicted molar refractivity (Wildman–Crippen MR) is 147 cm³/mol. The molecular formula is C28H32FN7OS. The van der Waals surface area contributed by atoms with E-state index < -0.39 is 5.82 Å². The van der Waals surface area contributed by atoms with Crippen molar-refractivity contribution in [2.24, 2.45) is 5.41 Å². The number of hydrogen-bond donors (Lipinski definition) is 1. The number of carbonyl (C=O) groups is 1. The molecule has 0 unspecified atom stereocenters. The number of pyridine rings is 1. The van der Waals surface area contributed by atoms with Crippen LogP contribution in [-0.4, -0.2) is 76.5 Å². The molecule has 10 heteroatoms. The third kappa shape index (κ3) is 3.64. The zero-order valence-electron chi connectivity index (χ0n) is 22.2.